The SMILES string of the molecule is CC(Oc1ccc(Cl)cc1F)c1ccccc1. The molecule has 0 saturated carbocycles. The second-order valence-electron chi connectivity index (χ2n) is 3.75. The molecule has 0 spiro atoms. The molecule has 0 heterocycles. The van der Waals surface area contributed by atoms with E-state index in [-0.39, 0.29) is 11.9 Å². The Hall–Kier alpha value is -1.54. The summed E-state index contributed by atoms with van der Waals surface area (Å²) in [4.78, 5) is 0. The molecule has 2 rings (SSSR count). The van der Waals surface area contributed by atoms with Crippen LogP contribution in [0.3, 0.4) is 0 Å². The molecule has 0 N–H and O–H groups in total. The molecule has 0 saturated heterocycles. The van der Waals surface area contributed by atoms with Gasteiger partial charge in [-0.25, -0.2) is 4.39 Å². The minimum absolute atomic E-state index is 0.202. The maximum atomic E-state index is 13.5. The molecule has 2 aromatic rings. The summed E-state index contributed by atoms with van der Waals surface area (Å²) >= 11 is 5.67. The zero-order chi connectivity index (χ0) is 12.3. The average Bonchev–Trinajstić information content (AvgIpc) is 2.34. The number of benzene rings is 2. The van der Waals surface area contributed by atoms with E-state index in [0.29, 0.717) is 5.02 Å². The van der Waals surface area contributed by atoms with Gasteiger partial charge in [-0.15, -0.1) is 0 Å². The van der Waals surface area contributed by atoms with Gasteiger partial charge in [0.15, 0.2) is 11.6 Å². The van der Waals surface area contributed by atoms with Crippen molar-refractivity contribution in [1.29, 1.82) is 0 Å². The summed E-state index contributed by atoms with van der Waals surface area (Å²) in [7, 11) is 0. The number of rotatable bonds is 3. The van der Waals surface area contributed by atoms with Crippen LogP contribution < -0.4 is 4.74 Å². The summed E-state index contributed by atoms with van der Waals surface area (Å²) in [5, 5.41) is 0.363. The second kappa shape index (κ2) is 5.19. The first-order valence-electron chi connectivity index (χ1n) is 5.33. The first-order chi connectivity index (χ1) is 8.16. The van der Waals surface area contributed by atoms with E-state index in [0.717, 1.165) is 5.56 Å². The van der Waals surface area contributed by atoms with Gasteiger partial charge >= 0.3 is 0 Å². The van der Waals surface area contributed by atoms with E-state index in [1.54, 1.807) is 6.07 Å². The zero-order valence-electron chi connectivity index (χ0n) is 9.36. The lowest BCUT2D eigenvalue weighted by Gasteiger charge is -2.15. The third-order valence-electron chi connectivity index (χ3n) is 2.47. The molecule has 0 aliphatic heterocycles. The number of hydrogen-bond acceptors (Lipinski definition) is 1. The first-order valence-corrected chi connectivity index (χ1v) is 5.71. The van der Waals surface area contributed by atoms with Crippen LogP contribution in [0.1, 0.15) is 18.6 Å². The molecule has 2 aromatic carbocycles. The van der Waals surface area contributed by atoms with Crippen molar-refractivity contribution in [3.63, 3.8) is 0 Å². The topological polar surface area (TPSA) is 9.23 Å². The molecular weight excluding hydrogens is 239 g/mol. The lowest BCUT2D eigenvalue weighted by atomic mass is 10.1. The smallest absolute Gasteiger partial charge is 0.166 e. The molecule has 1 atom stereocenters. The van der Waals surface area contributed by atoms with Gasteiger partial charge in [0.25, 0.3) is 0 Å². The Balaban J connectivity index is 2.16. The van der Waals surface area contributed by atoms with Crippen LogP contribution in [-0.2, 0) is 0 Å². The van der Waals surface area contributed by atoms with Crippen LogP contribution in [0.15, 0.2) is 48.5 Å². The standard InChI is InChI=1S/C14H12ClFO/c1-10(11-5-3-2-4-6-11)17-14-8-7-12(15)9-13(14)16/h2-10H,1H3. The van der Waals surface area contributed by atoms with Crippen molar-refractivity contribution >= 4 is 11.6 Å². The fraction of sp³-hybridized carbons (Fsp3) is 0.143. The number of halogens is 2. The van der Waals surface area contributed by atoms with Crippen molar-refractivity contribution < 1.29 is 9.13 Å². The van der Waals surface area contributed by atoms with Crippen LogP contribution in [0.25, 0.3) is 0 Å². The molecule has 0 aromatic heterocycles. The van der Waals surface area contributed by atoms with Crippen molar-refractivity contribution in [1.82, 2.24) is 0 Å². The van der Waals surface area contributed by atoms with E-state index in [1.165, 1.54) is 12.1 Å². The monoisotopic (exact) mass is 250 g/mol. The van der Waals surface area contributed by atoms with Gasteiger partial charge in [0.2, 0.25) is 0 Å². The highest BCUT2D eigenvalue weighted by Crippen LogP contribution is 2.26. The van der Waals surface area contributed by atoms with Crippen LogP contribution in [0.5, 0.6) is 5.75 Å². The van der Waals surface area contributed by atoms with Gasteiger partial charge in [-0.3, -0.25) is 0 Å². The van der Waals surface area contributed by atoms with Crippen molar-refractivity contribution in [2.24, 2.45) is 0 Å². The minimum Gasteiger partial charge on any atom is -0.483 e. The van der Waals surface area contributed by atoms with Crippen molar-refractivity contribution in [2.75, 3.05) is 0 Å². The van der Waals surface area contributed by atoms with Crippen LogP contribution in [-0.4, -0.2) is 0 Å². The number of hydrogen-bond donors (Lipinski definition) is 0. The summed E-state index contributed by atoms with van der Waals surface area (Å²) in [6.07, 6.45) is -0.202. The van der Waals surface area contributed by atoms with Crippen LogP contribution in [0, 0.1) is 5.82 Å². The summed E-state index contributed by atoms with van der Waals surface area (Å²) < 4.78 is 19.1. The Morgan fingerprint density at radius 1 is 1.12 bits per heavy atom. The highest BCUT2D eigenvalue weighted by atomic mass is 35.5. The van der Waals surface area contributed by atoms with Crippen LogP contribution in [0.4, 0.5) is 4.39 Å². The predicted molar refractivity (Wildman–Crippen MR) is 66.9 cm³/mol. The molecule has 0 amide bonds. The highest BCUT2D eigenvalue weighted by molar-refractivity contribution is 6.30. The van der Waals surface area contributed by atoms with Crippen molar-refractivity contribution in [2.45, 2.75) is 13.0 Å². The molecule has 0 aliphatic rings. The predicted octanol–water partition coefficient (Wildman–Crippen LogP) is 4.62. The Labute approximate surface area is 105 Å². The van der Waals surface area contributed by atoms with Gasteiger partial charge in [0.1, 0.15) is 6.10 Å². The highest BCUT2D eigenvalue weighted by Gasteiger charge is 2.10. The summed E-state index contributed by atoms with van der Waals surface area (Å²) in [5.74, 6) is -0.231. The first kappa shape index (κ1) is 11.9. The Bertz CT molecular complexity index is 499. The minimum atomic E-state index is -0.444. The Morgan fingerprint density at radius 3 is 2.47 bits per heavy atom. The van der Waals surface area contributed by atoms with E-state index in [2.05, 4.69) is 0 Å². The van der Waals surface area contributed by atoms with Crippen LogP contribution in [0.2, 0.25) is 5.02 Å². The third-order valence-corrected chi connectivity index (χ3v) is 2.70. The second-order valence-corrected chi connectivity index (χ2v) is 4.18. The fourth-order valence-corrected chi connectivity index (χ4v) is 1.71. The van der Waals surface area contributed by atoms with E-state index >= 15 is 0 Å². The molecule has 0 aliphatic carbocycles. The Morgan fingerprint density at radius 2 is 1.82 bits per heavy atom. The summed E-state index contributed by atoms with van der Waals surface area (Å²) in [6.45, 7) is 1.88. The normalized spacial score (nSPS) is 12.2. The molecular formula is C14H12ClFO. The Kier molecular flexibility index (Phi) is 3.64. The van der Waals surface area contributed by atoms with E-state index < -0.39 is 5.82 Å². The quantitative estimate of drug-likeness (QED) is 0.772. The largest absolute Gasteiger partial charge is 0.483 e. The van der Waals surface area contributed by atoms with Gasteiger partial charge in [-0.2, -0.15) is 0 Å². The van der Waals surface area contributed by atoms with Gasteiger partial charge in [0, 0.05) is 5.02 Å². The molecule has 88 valence electrons. The van der Waals surface area contributed by atoms with Crippen molar-refractivity contribution in [3.05, 3.63) is 64.9 Å². The van der Waals surface area contributed by atoms with E-state index in [4.69, 9.17) is 16.3 Å². The summed E-state index contributed by atoms with van der Waals surface area (Å²) in [5.41, 5.74) is 1.00. The molecule has 0 fully saturated rings. The van der Waals surface area contributed by atoms with E-state index in [1.807, 2.05) is 37.3 Å². The lowest BCUT2D eigenvalue weighted by Crippen LogP contribution is -2.04. The molecule has 3 heteroatoms. The fourth-order valence-electron chi connectivity index (χ4n) is 1.55. The molecule has 0 radical (unpaired) electrons. The van der Waals surface area contributed by atoms with Crippen molar-refractivity contribution in [3.8, 4) is 5.75 Å². The molecule has 1 unspecified atom stereocenters. The van der Waals surface area contributed by atoms with Gasteiger partial charge in [-0.05, 0) is 30.7 Å². The maximum Gasteiger partial charge on any atom is 0.166 e. The molecule has 17 heavy (non-hydrogen) atoms. The molecule has 0 bridgehead atoms. The average molecular weight is 251 g/mol. The van der Waals surface area contributed by atoms with Gasteiger partial charge < -0.3 is 4.74 Å². The van der Waals surface area contributed by atoms with Gasteiger partial charge in [-0.1, -0.05) is 41.9 Å². The third kappa shape index (κ3) is 2.98. The van der Waals surface area contributed by atoms with Crippen LogP contribution >= 0.6 is 11.6 Å². The number of ether oxygens (including phenoxy) is 1. The van der Waals surface area contributed by atoms with E-state index in [9.17, 15) is 4.39 Å². The van der Waals surface area contributed by atoms with Gasteiger partial charge in [0.05, 0.1) is 0 Å². The maximum absolute atomic E-state index is 13.5. The molecule has 1 nitrogen and oxygen atoms in total. The zero-order valence-corrected chi connectivity index (χ0v) is 10.1. The lowest BCUT2D eigenvalue weighted by molar-refractivity contribution is 0.216. The summed E-state index contributed by atoms with van der Waals surface area (Å²) in [6, 6.07) is 14.1.